The number of esters is 1. The Balaban J connectivity index is 1.73. The molecule has 0 bridgehead atoms. The van der Waals surface area contributed by atoms with Gasteiger partial charge in [0, 0.05) is 11.5 Å². The van der Waals surface area contributed by atoms with Gasteiger partial charge < -0.3 is 19.8 Å². The summed E-state index contributed by atoms with van der Waals surface area (Å²) in [6, 6.07) is 4.83. The third kappa shape index (κ3) is 4.20. The van der Waals surface area contributed by atoms with Crippen LogP contribution < -0.4 is 10.6 Å². The fraction of sp³-hybridized carbons (Fsp3) is 0.188. The van der Waals surface area contributed by atoms with Gasteiger partial charge in [0.2, 0.25) is 5.69 Å². The third-order valence-electron chi connectivity index (χ3n) is 3.29. The number of ether oxygens (including phenoxy) is 1. The highest BCUT2D eigenvalue weighted by molar-refractivity contribution is 7.18. The predicted molar refractivity (Wildman–Crippen MR) is 99.5 cm³/mol. The number of carbonyl (C=O) groups excluding carboxylic acids is 3. The van der Waals surface area contributed by atoms with E-state index in [9.17, 15) is 14.4 Å². The largest absolute Gasteiger partial charge is 0.461 e. The highest BCUT2D eigenvalue weighted by Crippen LogP contribution is 2.29. The lowest BCUT2D eigenvalue weighted by molar-refractivity contribution is 0.0520. The summed E-state index contributed by atoms with van der Waals surface area (Å²) in [6.07, 6.45) is 1.40. The van der Waals surface area contributed by atoms with Crippen LogP contribution in [0.25, 0.3) is 0 Å². The van der Waals surface area contributed by atoms with E-state index in [2.05, 4.69) is 20.2 Å². The standard InChI is InChI=1S/C16H14N4O5S2/c1-3-24-16(23)11-15(27-20-19-11)18-14(22)12-8(2)7-10(26-12)17-13(21)9-5-4-6-25-9/h4-7H,3H2,1-2H3,(H,17,21)(H,18,22). The van der Waals surface area contributed by atoms with Crippen LogP contribution in [-0.2, 0) is 4.74 Å². The van der Waals surface area contributed by atoms with E-state index in [0.717, 1.165) is 22.9 Å². The zero-order valence-corrected chi connectivity index (χ0v) is 15.9. The van der Waals surface area contributed by atoms with E-state index >= 15 is 0 Å². The molecule has 0 spiro atoms. The molecule has 3 heterocycles. The van der Waals surface area contributed by atoms with Crippen LogP contribution in [0.2, 0.25) is 0 Å². The van der Waals surface area contributed by atoms with Crippen molar-refractivity contribution >= 4 is 50.7 Å². The molecule has 0 saturated heterocycles. The SMILES string of the molecule is CCOC(=O)c1nnsc1NC(=O)c1sc(NC(=O)c2ccco2)cc1C. The molecule has 0 fully saturated rings. The van der Waals surface area contributed by atoms with Gasteiger partial charge in [-0.2, -0.15) is 0 Å². The maximum absolute atomic E-state index is 12.6. The van der Waals surface area contributed by atoms with Crippen molar-refractivity contribution < 1.29 is 23.5 Å². The molecule has 27 heavy (non-hydrogen) atoms. The van der Waals surface area contributed by atoms with Gasteiger partial charge in [0.25, 0.3) is 11.8 Å². The fourth-order valence-corrected chi connectivity index (χ4v) is 3.63. The third-order valence-corrected chi connectivity index (χ3v) is 5.08. The Labute approximate surface area is 161 Å². The number of furan rings is 1. The van der Waals surface area contributed by atoms with E-state index in [4.69, 9.17) is 9.15 Å². The lowest BCUT2D eigenvalue weighted by Crippen LogP contribution is -2.14. The highest BCUT2D eigenvalue weighted by Gasteiger charge is 2.22. The molecule has 9 nitrogen and oxygen atoms in total. The second-order valence-electron chi connectivity index (χ2n) is 5.18. The van der Waals surface area contributed by atoms with Gasteiger partial charge in [0.15, 0.2) is 10.8 Å². The van der Waals surface area contributed by atoms with Gasteiger partial charge in [-0.25, -0.2) is 4.79 Å². The number of anilines is 2. The molecule has 0 atom stereocenters. The maximum atomic E-state index is 12.6. The molecule has 0 saturated carbocycles. The van der Waals surface area contributed by atoms with Crippen molar-refractivity contribution in [2.45, 2.75) is 13.8 Å². The molecule has 2 amide bonds. The molecule has 3 aromatic heterocycles. The predicted octanol–water partition coefficient (Wildman–Crippen LogP) is 3.18. The van der Waals surface area contributed by atoms with Crippen molar-refractivity contribution in [3.05, 3.63) is 46.4 Å². The molecule has 0 radical (unpaired) electrons. The van der Waals surface area contributed by atoms with Crippen molar-refractivity contribution in [3.8, 4) is 0 Å². The molecule has 140 valence electrons. The van der Waals surface area contributed by atoms with Gasteiger partial charge in [-0.15, -0.1) is 16.4 Å². The average molecular weight is 406 g/mol. The van der Waals surface area contributed by atoms with E-state index in [1.807, 2.05) is 0 Å². The zero-order chi connectivity index (χ0) is 19.4. The number of rotatable bonds is 6. The zero-order valence-electron chi connectivity index (χ0n) is 14.3. The summed E-state index contributed by atoms with van der Waals surface area (Å²) in [7, 11) is 0. The second kappa shape index (κ2) is 8.10. The van der Waals surface area contributed by atoms with Crippen LogP contribution >= 0.6 is 22.9 Å². The molecular weight excluding hydrogens is 392 g/mol. The van der Waals surface area contributed by atoms with Gasteiger partial charge in [0.05, 0.1) is 22.7 Å². The number of hydrogen-bond donors (Lipinski definition) is 2. The van der Waals surface area contributed by atoms with Gasteiger partial charge in [0.1, 0.15) is 0 Å². The number of carbonyl (C=O) groups is 3. The number of thiophene rings is 1. The molecule has 0 aliphatic heterocycles. The van der Waals surface area contributed by atoms with Crippen LogP contribution in [0.15, 0.2) is 28.9 Å². The average Bonchev–Trinajstić information content (AvgIpc) is 3.35. The molecule has 0 aliphatic rings. The minimum absolute atomic E-state index is 0.0456. The molecule has 0 aromatic carbocycles. The summed E-state index contributed by atoms with van der Waals surface area (Å²) in [5.74, 6) is -1.34. The number of nitrogens with one attached hydrogen (secondary N) is 2. The molecule has 11 heteroatoms. The number of nitrogens with zero attached hydrogens (tertiary/aromatic N) is 2. The van der Waals surface area contributed by atoms with E-state index < -0.39 is 17.8 Å². The number of hydrogen-bond acceptors (Lipinski definition) is 9. The second-order valence-corrected chi connectivity index (χ2v) is 6.99. The monoisotopic (exact) mass is 406 g/mol. The first-order chi connectivity index (χ1) is 13.0. The highest BCUT2D eigenvalue weighted by atomic mass is 32.1. The van der Waals surface area contributed by atoms with Crippen molar-refractivity contribution in [1.82, 2.24) is 9.59 Å². The molecule has 3 aromatic rings. The van der Waals surface area contributed by atoms with Crippen LogP contribution in [0.4, 0.5) is 10.0 Å². The topological polar surface area (TPSA) is 123 Å². The van der Waals surface area contributed by atoms with E-state index in [0.29, 0.717) is 15.4 Å². The van der Waals surface area contributed by atoms with E-state index in [-0.39, 0.29) is 23.1 Å². The van der Waals surface area contributed by atoms with Gasteiger partial charge in [-0.3, -0.25) is 9.59 Å². The van der Waals surface area contributed by atoms with Crippen LogP contribution in [0.3, 0.4) is 0 Å². The summed E-state index contributed by atoms with van der Waals surface area (Å²) in [6.45, 7) is 3.60. The molecule has 0 aliphatic carbocycles. The smallest absolute Gasteiger partial charge is 0.362 e. The Bertz CT molecular complexity index is 977. The van der Waals surface area contributed by atoms with Crippen LogP contribution in [-0.4, -0.2) is 34.0 Å². The van der Waals surface area contributed by atoms with Crippen molar-refractivity contribution in [3.63, 3.8) is 0 Å². The first-order valence-electron chi connectivity index (χ1n) is 7.75. The van der Waals surface area contributed by atoms with Crippen molar-refractivity contribution in [2.24, 2.45) is 0 Å². The fourth-order valence-electron chi connectivity index (χ4n) is 2.12. The number of amides is 2. The quantitative estimate of drug-likeness (QED) is 0.603. The van der Waals surface area contributed by atoms with Gasteiger partial charge in [-0.1, -0.05) is 4.49 Å². The number of aryl methyl sites for hydroxylation is 1. The Hall–Kier alpha value is -3.05. The number of aromatic nitrogens is 2. The first kappa shape index (κ1) is 18.7. The Kier molecular flexibility index (Phi) is 5.62. The minimum atomic E-state index is -0.657. The van der Waals surface area contributed by atoms with Crippen LogP contribution in [0.1, 0.15) is 43.2 Å². The summed E-state index contributed by atoms with van der Waals surface area (Å²) in [4.78, 5) is 36.8. The van der Waals surface area contributed by atoms with Gasteiger partial charge in [-0.05, 0) is 37.6 Å². The normalized spacial score (nSPS) is 10.4. The minimum Gasteiger partial charge on any atom is -0.461 e. The Morgan fingerprint density at radius 3 is 2.78 bits per heavy atom. The maximum Gasteiger partial charge on any atom is 0.362 e. The van der Waals surface area contributed by atoms with Crippen LogP contribution in [0, 0.1) is 6.92 Å². The first-order valence-corrected chi connectivity index (χ1v) is 9.34. The lowest BCUT2D eigenvalue weighted by Gasteiger charge is -2.03. The van der Waals surface area contributed by atoms with E-state index in [1.54, 1.807) is 26.0 Å². The van der Waals surface area contributed by atoms with E-state index in [1.165, 1.54) is 12.3 Å². The van der Waals surface area contributed by atoms with Crippen molar-refractivity contribution in [2.75, 3.05) is 17.2 Å². The molecular formula is C16H14N4O5S2. The Morgan fingerprint density at radius 2 is 2.07 bits per heavy atom. The molecule has 2 N–H and O–H groups in total. The summed E-state index contributed by atoms with van der Waals surface area (Å²) >= 11 is 1.98. The summed E-state index contributed by atoms with van der Waals surface area (Å²) < 4.78 is 13.6. The summed E-state index contributed by atoms with van der Waals surface area (Å²) in [5.41, 5.74) is 0.623. The van der Waals surface area contributed by atoms with Crippen LogP contribution in [0.5, 0.6) is 0 Å². The summed E-state index contributed by atoms with van der Waals surface area (Å²) in [5, 5.41) is 9.68. The Morgan fingerprint density at radius 1 is 1.26 bits per heavy atom. The molecule has 0 unspecified atom stereocenters. The van der Waals surface area contributed by atoms with Crippen molar-refractivity contribution in [1.29, 1.82) is 0 Å². The van der Waals surface area contributed by atoms with Gasteiger partial charge >= 0.3 is 5.97 Å². The molecule has 3 rings (SSSR count). The lowest BCUT2D eigenvalue weighted by atomic mass is 10.2.